The molecule has 1 N–H and O–H groups in total. The van der Waals surface area contributed by atoms with Crippen molar-refractivity contribution in [3.63, 3.8) is 0 Å². The van der Waals surface area contributed by atoms with Crippen LogP contribution in [0.5, 0.6) is 5.75 Å². The second kappa shape index (κ2) is 6.61. The molecule has 23 heavy (non-hydrogen) atoms. The Balaban J connectivity index is 2.44. The van der Waals surface area contributed by atoms with Crippen molar-refractivity contribution >= 4 is 5.69 Å². The number of hydrogen-bond acceptors (Lipinski definition) is 3. The van der Waals surface area contributed by atoms with Crippen molar-refractivity contribution in [2.24, 2.45) is 0 Å². The fraction of sp³-hybridized carbons (Fsp3) is 0.450. The van der Waals surface area contributed by atoms with Gasteiger partial charge in [0.25, 0.3) is 0 Å². The molecule has 0 spiro atoms. The largest absolute Gasteiger partial charge is 0.495 e. The molecule has 0 saturated heterocycles. The van der Waals surface area contributed by atoms with Gasteiger partial charge >= 0.3 is 0 Å². The van der Waals surface area contributed by atoms with Gasteiger partial charge in [-0.2, -0.15) is 0 Å². The molecule has 0 saturated carbocycles. The zero-order valence-electron chi connectivity index (χ0n) is 15.1. The average molecular weight is 312 g/mol. The molecule has 0 amide bonds. The van der Waals surface area contributed by atoms with E-state index >= 15 is 0 Å². The Labute approximate surface area is 140 Å². The Kier molecular flexibility index (Phi) is 4.98. The third-order valence-corrected chi connectivity index (χ3v) is 4.41. The number of benzene rings is 1. The molecule has 0 aliphatic carbocycles. The predicted molar refractivity (Wildman–Crippen MR) is 97.2 cm³/mol. The number of rotatable bonds is 5. The second-order valence-corrected chi connectivity index (χ2v) is 7.19. The van der Waals surface area contributed by atoms with Crippen LogP contribution in [-0.4, -0.2) is 12.1 Å². The lowest BCUT2D eigenvalue weighted by atomic mass is 9.86. The van der Waals surface area contributed by atoms with Gasteiger partial charge in [-0.15, -0.1) is 0 Å². The van der Waals surface area contributed by atoms with Crippen molar-refractivity contribution in [3.05, 3.63) is 53.9 Å². The lowest BCUT2D eigenvalue weighted by Crippen LogP contribution is -2.32. The first-order valence-electron chi connectivity index (χ1n) is 8.18. The van der Waals surface area contributed by atoms with Gasteiger partial charge in [0.2, 0.25) is 0 Å². The van der Waals surface area contributed by atoms with Crippen molar-refractivity contribution in [1.82, 2.24) is 4.98 Å². The lowest BCUT2D eigenvalue weighted by molar-refractivity contribution is 0.412. The molecular weight excluding hydrogens is 284 g/mol. The van der Waals surface area contributed by atoms with Gasteiger partial charge in [0.15, 0.2) is 0 Å². The van der Waals surface area contributed by atoms with Crippen LogP contribution in [0, 0.1) is 0 Å². The highest BCUT2D eigenvalue weighted by Gasteiger charge is 2.27. The van der Waals surface area contributed by atoms with Crippen LogP contribution in [0.1, 0.15) is 52.3 Å². The maximum atomic E-state index is 5.56. The molecule has 3 heteroatoms. The van der Waals surface area contributed by atoms with Crippen LogP contribution in [0.2, 0.25) is 0 Å². The summed E-state index contributed by atoms with van der Waals surface area (Å²) in [6.45, 7) is 11.0. The summed E-state index contributed by atoms with van der Waals surface area (Å²) >= 11 is 0. The van der Waals surface area contributed by atoms with Gasteiger partial charge in [-0.1, -0.05) is 39.8 Å². The van der Waals surface area contributed by atoms with E-state index in [1.807, 2.05) is 24.4 Å². The zero-order valence-corrected chi connectivity index (χ0v) is 15.1. The molecule has 1 aromatic heterocycles. The summed E-state index contributed by atoms with van der Waals surface area (Å²) < 4.78 is 5.56. The van der Waals surface area contributed by atoms with Crippen LogP contribution < -0.4 is 10.1 Å². The number of pyridine rings is 1. The molecule has 0 fully saturated rings. The molecule has 1 unspecified atom stereocenters. The molecule has 0 aliphatic heterocycles. The molecule has 2 rings (SSSR count). The monoisotopic (exact) mass is 312 g/mol. The van der Waals surface area contributed by atoms with E-state index in [0.29, 0.717) is 0 Å². The SMILES string of the molecule is CCC(C)(Nc1cc(C(C)(C)C)ccc1OC)c1ccccn1. The maximum Gasteiger partial charge on any atom is 0.141 e. The molecule has 1 aromatic carbocycles. The fourth-order valence-electron chi connectivity index (χ4n) is 2.59. The average Bonchev–Trinajstić information content (AvgIpc) is 2.54. The topological polar surface area (TPSA) is 34.1 Å². The number of hydrogen-bond donors (Lipinski definition) is 1. The van der Waals surface area contributed by atoms with E-state index in [-0.39, 0.29) is 11.0 Å². The van der Waals surface area contributed by atoms with Gasteiger partial charge in [-0.25, -0.2) is 0 Å². The molecule has 124 valence electrons. The van der Waals surface area contributed by atoms with Crippen LogP contribution in [0.15, 0.2) is 42.6 Å². The summed E-state index contributed by atoms with van der Waals surface area (Å²) in [5.41, 5.74) is 3.17. The first-order chi connectivity index (χ1) is 10.8. The van der Waals surface area contributed by atoms with E-state index in [2.05, 4.69) is 63.1 Å². The minimum Gasteiger partial charge on any atom is -0.495 e. The molecule has 1 heterocycles. The van der Waals surface area contributed by atoms with Gasteiger partial charge < -0.3 is 10.1 Å². The van der Waals surface area contributed by atoms with Crippen molar-refractivity contribution < 1.29 is 4.74 Å². The van der Waals surface area contributed by atoms with Crippen molar-refractivity contribution in [1.29, 1.82) is 0 Å². The van der Waals surface area contributed by atoms with Gasteiger partial charge in [0.05, 0.1) is 24.0 Å². The molecule has 1 atom stereocenters. The van der Waals surface area contributed by atoms with Crippen molar-refractivity contribution in [2.45, 2.75) is 52.0 Å². The van der Waals surface area contributed by atoms with E-state index in [9.17, 15) is 0 Å². The first-order valence-corrected chi connectivity index (χ1v) is 8.18. The van der Waals surface area contributed by atoms with Gasteiger partial charge in [0.1, 0.15) is 5.75 Å². The Morgan fingerprint density at radius 1 is 1.09 bits per heavy atom. The minimum atomic E-state index is -0.245. The van der Waals surface area contributed by atoms with Crippen LogP contribution >= 0.6 is 0 Å². The minimum absolute atomic E-state index is 0.0936. The van der Waals surface area contributed by atoms with Gasteiger partial charge in [-0.05, 0) is 48.6 Å². The fourth-order valence-corrected chi connectivity index (χ4v) is 2.59. The Morgan fingerprint density at radius 2 is 1.83 bits per heavy atom. The maximum absolute atomic E-state index is 5.56. The van der Waals surface area contributed by atoms with Crippen LogP contribution in [0.3, 0.4) is 0 Å². The molecule has 0 aliphatic rings. The Bertz CT molecular complexity index is 646. The highest BCUT2D eigenvalue weighted by atomic mass is 16.5. The van der Waals surface area contributed by atoms with Crippen LogP contribution in [0.25, 0.3) is 0 Å². The molecular formula is C20H28N2O. The van der Waals surface area contributed by atoms with E-state index in [0.717, 1.165) is 23.6 Å². The lowest BCUT2D eigenvalue weighted by Gasteiger charge is -2.32. The highest BCUT2D eigenvalue weighted by Crippen LogP contribution is 2.36. The summed E-state index contributed by atoms with van der Waals surface area (Å²) in [6, 6.07) is 12.4. The number of ether oxygens (including phenoxy) is 1. The quantitative estimate of drug-likeness (QED) is 0.831. The van der Waals surface area contributed by atoms with E-state index in [4.69, 9.17) is 4.74 Å². The van der Waals surface area contributed by atoms with Crippen LogP contribution in [0.4, 0.5) is 5.69 Å². The summed E-state index contributed by atoms with van der Waals surface area (Å²) in [6.07, 6.45) is 2.76. The number of nitrogens with zero attached hydrogens (tertiary/aromatic N) is 1. The normalized spacial score (nSPS) is 14.2. The molecule has 3 nitrogen and oxygen atoms in total. The third kappa shape index (κ3) is 3.84. The highest BCUT2D eigenvalue weighted by molar-refractivity contribution is 5.60. The zero-order chi connectivity index (χ0) is 17.1. The number of nitrogens with one attached hydrogen (secondary N) is 1. The second-order valence-electron chi connectivity index (χ2n) is 7.19. The number of methoxy groups -OCH3 is 1. The predicted octanol–water partition coefficient (Wildman–Crippen LogP) is 5.13. The van der Waals surface area contributed by atoms with Gasteiger partial charge in [-0.3, -0.25) is 4.98 Å². The Hall–Kier alpha value is -2.03. The standard InChI is InChI=1S/C20H28N2O/c1-7-20(5,18-10-8-9-13-21-18)22-16-14-15(19(2,3)4)11-12-17(16)23-6/h8-14,22H,7H2,1-6H3. The number of anilines is 1. The van der Waals surface area contributed by atoms with Crippen molar-refractivity contribution in [2.75, 3.05) is 12.4 Å². The summed E-state index contributed by atoms with van der Waals surface area (Å²) in [7, 11) is 1.71. The van der Waals surface area contributed by atoms with E-state index in [1.165, 1.54) is 5.56 Å². The smallest absolute Gasteiger partial charge is 0.141 e. The third-order valence-electron chi connectivity index (χ3n) is 4.41. The summed E-state index contributed by atoms with van der Waals surface area (Å²) in [5.74, 6) is 0.855. The molecule has 2 aromatic rings. The summed E-state index contributed by atoms with van der Waals surface area (Å²) in [5, 5.41) is 3.67. The van der Waals surface area contributed by atoms with Gasteiger partial charge in [0, 0.05) is 6.20 Å². The van der Waals surface area contributed by atoms with Crippen molar-refractivity contribution in [3.8, 4) is 5.75 Å². The molecule has 0 bridgehead atoms. The Morgan fingerprint density at radius 3 is 2.35 bits per heavy atom. The number of aromatic nitrogens is 1. The first kappa shape index (κ1) is 17.3. The van der Waals surface area contributed by atoms with E-state index in [1.54, 1.807) is 7.11 Å². The van der Waals surface area contributed by atoms with Crippen LogP contribution in [-0.2, 0) is 11.0 Å². The summed E-state index contributed by atoms with van der Waals surface area (Å²) in [4.78, 5) is 4.54. The van der Waals surface area contributed by atoms with E-state index < -0.39 is 0 Å². The molecule has 0 radical (unpaired) electrons.